The molecule has 2 atom stereocenters. The highest BCUT2D eigenvalue weighted by Crippen LogP contribution is 2.20. The molecule has 0 fully saturated rings. The first-order valence-corrected chi connectivity index (χ1v) is 5.78. The number of nitrogens with zero attached hydrogens (tertiary/aromatic N) is 1. The van der Waals surface area contributed by atoms with Gasteiger partial charge in [0.15, 0.2) is 5.96 Å². The van der Waals surface area contributed by atoms with E-state index in [0.717, 1.165) is 6.42 Å². The van der Waals surface area contributed by atoms with Gasteiger partial charge < -0.3 is 20.6 Å². The van der Waals surface area contributed by atoms with Crippen LogP contribution in [0.4, 0.5) is 0 Å². The van der Waals surface area contributed by atoms with Crippen molar-refractivity contribution in [3.05, 3.63) is 24.2 Å². The van der Waals surface area contributed by atoms with Crippen LogP contribution in [0.2, 0.25) is 0 Å². The van der Waals surface area contributed by atoms with Crippen molar-refractivity contribution >= 4 is 5.96 Å². The number of nitrogens with one attached hydrogen (secondary N) is 1. The molecule has 1 aromatic heterocycles. The predicted octanol–water partition coefficient (Wildman–Crippen LogP) is 1.19. The van der Waals surface area contributed by atoms with Crippen LogP contribution in [0.15, 0.2) is 27.8 Å². The van der Waals surface area contributed by atoms with Gasteiger partial charge in [0.1, 0.15) is 11.4 Å². The first kappa shape index (κ1) is 13.6. The molecule has 1 aromatic rings. The zero-order chi connectivity index (χ0) is 12.9. The number of hydrogen-bond donors (Lipinski definition) is 3. The molecule has 0 aromatic carbocycles. The zero-order valence-corrected chi connectivity index (χ0v) is 10.6. The standard InChI is InChI=1S/C12H21N3O2/c1-4-9(2)15-11(13)14-8-12(3,16)10-6-5-7-17-10/h5-7,9,16H,4,8H2,1-3H3,(H3,13,14,15). The lowest BCUT2D eigenvalue weighted by atomic mass is 10.0. The summed E-state index contributed by atoms with van der Waals surface area (Å²) in [7, 11) is 0. The van der Waals surface area contributed by atoms with Gasteiger partial charge in [-0.1, -0.05) is 6.92 Å². The largest absolute Gasteiger partial charge is 0.466 e. The molecule has 96 valence electrons. The van der Waals surface area contributed by atoms with Crippen LogP contribution in [0.1, 0.15) is 33.0 Å². The Balaban J connectivity index is 2.57. The number of aliphatic imine (C=N–C) groups is 1. The molecule has 0 saturated carbocycles. The van der Waals surface area contributed by atoms with Gasteiger partial charge in [0, 0.05) is 6.04 Å². The van der Waals surface area contributed by atoms with Gasteiger partial charge in [-0.15, -0.1) is 0 Å². The Kier molecular flexibility index (Phi) is 4.57. The molecule has 17 heavy (non-hydrogen) atoms. The van der Waals surface area contributed by atoms with Crippen molar-refractivity contribution in [2.24, 2.45) is 10.7 Å². The average molecular weight is 239 g/mol. The van der Waals surface area contributed by atoms with E-state index in [9.17, 15) is 5.11 Å². The summed E-state index contributed by atoms with van der Waals surface area (Å²) >= 11 is 0. The molecule has 1 heterocycles. The van der Waals surface area contributed by atoms with Crippen LogP contribution in [0.3, 0.4) is 0 Å². The molecule has 5 heteroatoms. The Labute approximate surface area is 102 Å². The number of nitrogens with two attached hydrogens (primary N) is 1. The molecule has 2 unspecified atom stereocenters. The Morgan fingerprint density at radius 3 is 2.94 bits per heavy atom. The van der Waals surface area contributed by atoms with E-state index in [4.69, 9.17) is 10.2 Å². The van der Waals surface area contributed by atoms with Crippen LogP contribution < -0.4 is 11.1 Å². The fourth-order valence-electron chi connectivity index (χ4n) is 1.30. The highest BCUT2D eigenvalue weighted by atomic mass is 16.4. The highest BCUT2D eigenvalue weighted by Gasteiger charge is 2.25. The maximum absolute atomic E-state index is 10.1. The van der Waals surface area contributed by atoms with E-state index in [-0.39, 0.29) is 12.6 Å². The first-order valence-electron chi connectivity index (χ1n) is 5.78. The number of furan rings is 1. The van der Waals surface area contributed by atoms with Crippen molar-refractivity contribution in [1.82, 2.24) is 5.32 Å². The number of guanidine groups is 1. The molecule has 0 aliphatic rings. The second-order valence-corrected chi connectivity index (χ2v) is 4.41. The lowest BCUT2D eigenvalue weighted by Crippen LogP contribution is -2.39. The third kappa shape index (κ3) is 4.11. The Morgan fingerprint density at radius 2 is 2.41 bits per heavy atom. The summed E-state index contributed by atoms with van der Waals surface area (Å²) in [4.78, 5) is 4.11. The van der Waals surface area contributed by atoms with Crippen LogP contribution in [-0.2, 0) is 5.60 Å². The van der Waals surface area contributed by atoms with E-state index in [1.54, 1.807) is 19.1 Å². The van der Waals surface area contributed by atoms with Gasteiger partial charge in [-0.05, 0) is 32.4 Å². The molecule has 0 spiro atoms. The quantitative estimate of drug-likeness (QED) is 0.532. The van der Waals surface area contributed by atoms with Crippen molar-refractivity contribution in [1.29, 1.82) is 0 Å². The van der Waals surface area contributed by atoms with Gasteiger partial charge in [0.2, 0.25) is 0 Å². The van der Waals surface area contributed by atoms with Gasteiger partial charge >= 0.3 is 0 Å². The second-order valence-electron chi connectivity index (χ2n) is 4.41. The number of rotatable bonds is 5. The zero-order valence-electron chi connectivity index (χ0n) is 10.6. The average Bonchev–Trinajstić information content (AvgIpc) is 2.80. The minimum atomic E-state index is -1.13. The lowest BCUT2D eigenvalue weighted by Gasteiger charge is -2.19. The van der Waals surface area contributed by atoms with Crippen molar-refractivity contribution in [2.45, 2.75) is 38.8 Å². The molecule has 0 aliphatic carbocycles. The van der Waals surface area contributed by atoms with Gasteiger partial charge in [0.05, 0.1) is 12.8 Å². The smallest absolute Gasteiger partial charge is 0.188 e. The van der Waals surface area contributed by atoms with Gasteiger partial charge in [-0.3, -0.25) is 0 Å². The Morgan fingerprint density at radius 1 is 1.71 bits per heavy atom. The Bertz CT molecular complexity index is 358. The normalized spacial score (nSPS) is 17.5. The fraction of sp³-hybridized carbons (Fsp3) is 0.583. The van der Waals surface area contributed by atoms with Crippen LogP contribution in [-0.4, -0.2) is 23.7 Å². The summed E-state index contributed by atoms with van der Waals surface area (Å²) in [5, 5.41) is 13.2. The van der Waals surface area contributed by atoms with Crippen LogP contribution in [0.5, 0.6) is 0 Å². The minimum Gasteiger partial charge on any atom is -0.466 e. The van der Waals surface area contributed by atoms with E-state index < -0.39 is 5.60 Å². The summed E-state index contributed by atoms with van der Waals surface area (Å²) < 4.78 is 5.15. The van der Waals surface area contributed by atoms with E-state index in [1.165, 1.54) is 6.26 Å². The number of hydrogen-bond acceptors (Lipinski definition) is 3. The highest BCUT2D eigenvalue weighted by molar-refractivity contribution is 5.78. The maximum Gasteiger partial charge on any atom is 0.188 e. The maximum atomic E-state index is 10.1. The van der Waals surface area contributed by atoms with Crippen molar-refractivity contribution in [3.63, 3.8) is 0 Å². The van der Waals surface area contributed by atoms with Crippen LogP contribution in [0, 0.1) is 0 Å². The molecule has 0 saturated heterocycles. The lowest BCUT2D eigenvalue weighted by molar-refractivity contribution is 0.0437. The van der Waals surface area contributed by atoms with Gasteiger partial charge in [0.25, 0.3) is 0 Å². The summed E-state index contributed by atoms with van der Waals surface area (Å²) in [6.45, 7) is 5.89. The van der Waals surface area contributed by atoms with Crippen LogP contribution in [0.25, 0.3) is 0 Å². The molecular weight excluding hydrogens is 218 g/mol. The molecule has 0 bridgehead atoms. The van der Waals surface area contributed by atoms with Gasteiger partial charge in [-0.25, -0.2) is 4.99 Å². The summed E-state index contributed by atoms with van der Waals surface area (Å²) in [6, 6.07) is 3.72. The summed E-state index contributed by atoms with van der Waals surface area (Å²) in [6.07, 6.45) is 2.49. The predicted molar refractivity (Wildman–Crippen MR) is 67.7 cm³/mol. The van der Waals surface area contributed by atoms with Crippen molar-refractivity contribution < 1.29 is 9.52 Å². The Hall–Kier alpha value is -1.49. The van der Waals surface area contributed by atoms with E-state index in [0.29, 0.717) is 11.7 Å². The van der Waals surface area contributed by atoms with E-state index >= 15 is 0 Å². The molecule has 5 nitrogen and oxygen atoms in total. The van der Waals surface area contributed by atoms with E-state index in [2.05, 4.69) is 17.2 Å². The second kappa shape index (κ2) is 5.72. The van der Waals surface area contributed by atoms with Crippen LogP contribution >= 0.6 is 0 Å². The molecule has 0 amide bonds. The van der Waals surface area contributed by atoms with Crippen molar-refractivity contribution in [2.75, 3.05) is 6.54 Å². The monoisotopic (exact) mass is 239 g/mol. The molecule has 0 aliphatic heterocycles. The van der Waals surface area contributed by atoms with Gasteiger partial charge in [-0.2, -0.15) is 0 Å². The SMILES string of the molecule is CCC(C)NC(N)=NCC(C)(O)c1ccco1. The first-order chi connectivity index (χ1) is 7.95. The summed E-state index contributed by atoms with van der Waals surface area (Å²) in [5.41, 5.74) is 4.57. The minimum absolute atomic E-state index is 0.162. The third-order valence-corrected chi connectivity index (χ3v) is 2.62. The molecule has 1 rings (SSSR count). The van der Waals surface area contributed by atoms with E-state index in [1.807, 2.05) is 6.92 Å². The number of aliphatic hydroxyl groups is 1. The fourth-order valence-corrected chi connectivity index (χ4v) is 1.30. The summed E-state index contributed by atoms with van der Waals surface area (Å²) in [5.74, 6) is 0.823. The topological polar surface area (TPSA) is 83.8 Å². The molecule has 0 radical (unpaired) electrons. The molecular formula is C12H21N3O2. The third-order valence-electron chi connectivity index (χ3n) is 2.62. The molecule has 4 N–H and O–H groups in total. The van der Waals surface area contributed by atoms with Crippen molar-refractivity contribution in [3.8, 4) is 0 Å².